The number of hydrogen-bond donors (Lipinski definition) is 0. The molecule has 2 amide bonds. The van der Waals surface area contributed by atoms with E-state index in [-0.39, 0.29) is 11.8 Å². The van der Waals surface area contributed by atoms with Crippen LogP contribution in [0.4, 0.5) is 0 Å². The van der Waals surface area contributed by atoms with Crippen molar-refractivity contribution in [3.05, 3.63) is 44.1 Å². The summed E-state index contributed by atoms with van der Waals surface area (Å²) in [4.78, 5) is 31.1. The van der Waals surface area contributed by atoms with Gasteiger partial charge in [0.1, 0.15) is 0 Å². The molecular weight excluding hydrogens is 456 g/mol. The molecule has 29 heavy (non-hydrogen) atoms. The summed E-state index contributed by atoms with van der Waals surface area (Å²) >= 11 is 4.99. The number of benzene rings is 1. The molecule has 0 N–H and O–H groups in total. The summed E-state index contributed by atoms with van der Waals surface area (Å²) in [6.45, 7) is 6.65. The summed E-state index contributed by atoms with van der Waals surface area (Å²) in [5.74, 6) is 1.09. The summed E-state index contributed by atoms with van der Waals surface area (Å²) in [5.41, 5.74) is 0.534. The number of aryl methyl sites for hydroxylation is 1. The van der Waals surface area contributed by atoms with E-state index in [4.69, 9.17) is 9.47 Å². The van der Waals surface area contributed by atoms with Gasteiger partial charge in [0.15, 0.2) is 11.5 Å². The Hall–Kier alpha value is -2.06. The largest absolute Gasteiger partial charge is 0.493 e. The number of hydrogen-bond acceptors (Lipinski definition) is 5. The van der Waals surface area contributed by atoms with Gasteiger partial charge in [0, 0.05) is 36.6 Å². The Labute approximate surface area is 183 Å². The van der Waals surface area contributed by atoms with Gasteiger partial charge in [-0.1, -0.05) is 6.92 Å². The minimum atomic E-state index is -0.0786. The lowest BCUT2D eigenvalue weighted by Gasteiger charge is -2.34. The molecule has 1 saturated heterocycles. The summed E-state index contributed by atoms with van der Waals surface area (Å²) in [7, 11) is 1.56. The normalized spacial score (nSPS) is 14.1. The van der Waals surface area contributed by atoms with E-state index in [0.29, 0.717) is 54.3 Å². The standard InChI is InChI=1S/C21H25BrN2O4S/c1-4-11-28-19-16(22)12-15(13-17(19)27-3)20(25)23-7-9-24(10-8-23)21(26)18-6-5-14(2)29-18/h5-6,12-13H,4,7-11H2,1-3H3. The second-order valence-electron chi connectivity index (χ2n) is 6.83. The van der Waals surface area contributed by atoms with Crippen molar-refractivity contribution in [3.63, 3.8) is 0 Å². The van der Waals surface area contributed by atoms with Gasteiger partial charge in [0.05, 0.1) is 23.1 Å². The predicted octanol–water partition coefficient (Wildman–Crippen LogP) is 4.21. The molecule has 0 spiro atoms. The summed E-state index contributed by atoms with van der Waals surface area (Å²) in [6.07, 6.45) is 0.879. The van der Waals surface area contributed by atoms with E-state index in [1.165, 1.54) is 11.3 Å². The predicted molar refractivity (Wildman–Crippen MR) is 117 cm³/mol. The Balaban J connectivity index is 1.67. The van der Waals surface area contributed by atoms with Crippen molar-refractivity contribution in [3.8, 4) is 11.5 Å². The van der Waals surface area contributed by atoms with Crippen molar-refractivity contribution in [1.29, 1.82) is 0 Å². The van der Waals surface area contributed by atoms with E-state index in [2.05, 4.69) is 15.9 Å². The maximum atomic E-state index is 13.0. The highest BCUT2D eigenvalue weighted by Gasteiger charge is 2.27. The second-order valence-corrected chi connectivity index (χ2v) is 8.97. The Morgan fingerprint density at radius 3 is 2.31 bits per heavy atom. The molecule has 1 fully saturated rings. The zero-order chi connectivity index (χ0) is 21.0. The number of piperazine rings is 1. The average Bonchev–Trinajstić information content (AvgIpc) is 3.17. The summed E-state index contributed by atoms with van der Waals surface area (Å²) in [5, 5.41) is 0. The minimum Gasteiger partial charge on any atom is -0.493 e. The first kappa shape index (κ1) is 21.6. The van der Waals surface area contributed by atoms with Crippen LogP contribution in [0.25, 0.3) is 0 Å². The number of amides is 2. The molecule has 0 unspecified atom stereocenters. The Kier molecular flexibility index (Phi) is 7.18. The molecule has 8 heteroatoms. The third-order valence-electron chi connectivity index (χ3n) is 4.73. The molecule has 3 rings (SSSR count). The van der Waals surface area contributed by atoms with Gasteiger partial charge in [-0.2, -0.15) is 0 Å². The Bertz CT molecular complexity index is 891. The molecule has 0 radical (unpaired) electrons. The molecule has 0 bridgehead atoms. The van der Waals surface area contributed by atoms with E-state index in [1.807, 2.05) is 30.9 Å². The number of carbonyl (C=O) groups excluding carboxylic acids is 2. The summed E-state index contributed by atoms with van der Waals surface area (Å²) < 4.78 is 11.8. The fourth-order valence-electron chi connectivity index (χ4n) is 3.19. The molecule has 0 atom stereocenters. The van der Waals surface area contributed by atoms with Gasteiger partial charge in [0.25, 0.3) is 11.8 Å². The van der Waals surface area contributed by atoms with Crippen LogP contribution in [0.2, 0.25) is 0 Å². The fourth-order valence-corrected chi connectivity index (χ4v) is 4.58. The molecule has 1 aromatic heterocycles. The number of rotatable bonds is 6. The van der Waals surface area contributed by atoms with E-state index < -0.39 is 0 Å². The highest BCUT2D eigenvalue weighted by Crippen LogP contribution is 2.37. The van der Waals surface area contributed by atoms with E-state index in [0.717, 1.165) is 16.2 Å². The molecule has 6 nitrogen and oxygen atoms in total. The Morgan fingerprint density at radius 2 is 1.76 bits per heavy atom. The van der Waals surface area contributed by atoms with Gasteiger partial charge >= 0.3 is 0 Å². The van der Waals surface area contributed by atoms with Crippen LogP contribution in [0.15, 0.2) is 28.7 Å². The van der Waals surface area contributed by atoms with Crippen molar-refractivity contribution in [2.45, 2.75) is 20.3 Å². The highest BCUT2D eigenvalue weighted by atomic mass is 79.9. The smallest absolute Gasteiger partial charge is 0.264 e. The van der Waals surface area contributed by atoms with Crippen LogP contribution in [0, 0.1) is 6.92 Å². The number of halogens is 1. The van der Waals surface area contributed by atoms with Crippen molar-refractivity contribution in [2.75, 3.05) is 39.9 Å². The van der Waals surface area contributed by atoms with Crippen LogP contribution < -0.4 is 9.47 Å². The zero-order valence-electron chi connectivity index (χ0n) is 16.9. The quantitative estimate of drug-likeness (QED) is 0.620. The highest BCUT2D eigenvalue weighted by molar-refractivity contribution is 9.10. The van der Waals surface area contributed by atoms with Crippen LogP contribution in [-0.4, -0.2) is 61.5 Å². The lowest BCUT2D eigenvalue weighted by atomic mass is 10.1. The molecule has 156 valence electrons. The molecule has 0 saturated carbocycles. The van der Waals surface area contributed by atoms with Gasteiger partial charge in [-0.15, -0.1) is 11.3 Å². The van der Waals surface area contributed by atoms with Crippen LogP contribution in [-0.2, 0) is 0 Å². The molecule has 0 aliphatic carbocycles. The first-order valence-electron chi connectivity index (χ1n) is 9.60. The average molecular weight is 481 g/mol. The summed E-state index contributed by atoms with van der Waals surface area (Å²) in [6, 6.07) is 7.30. The van der Waals surface area contributed by atoms with Gasteiger partial charge in [0.2, 0.25) is 0 Å². The SMILES string of the molecule is CCCOc1c(Br)cc(C(=O)N2CCN(C(=O)c3ccc(C)s3)CC2)cc1OC. The third-order valence-corrected chi connectivity index (χ3v) is 6.31. The Morgan fingerprint density at radius 1 is 1.10 bits per heavy atom. The fraction of sp³-hybridized carbons (Fsp3) is 0.429. The first-order chi connectivity index (χ1) is 13.9. The number of thiophene rings is 1. The van der Waals surface area contributed by atoms with Crippen LogP contribution in [0.1, 0.15) is 38.3 Å². The third kappa shape index (κ3) is 4.93. The number of carbonyl (C=O) groups is 2. The van der Waals surface area contributed by atoms with Gasteiger partial charge in [-0.25, -0.2) is 0 Å². The molecule has 1 aliphatic rings. The number of ether oxygens (including phenoxy) is 2. The van der Waals surface area contributed by atoms with E-state index in [1.54, 1.807) is 24.1 Å². The second kappa shape index (κ2) is 9.63. The maximum Gasteiger partial charge on any atom is 0.264 e. The van der Waals surface area contributed by atoms with Crippen LogP contribution in [0.5, 0.6) is 11.5 Å². The van der Waals surface area contributed by atoms with Crippen LogP contribution >= 0.6 is 27.3 Å². The monoisotopic (exact) mass is 480 g/mol. The molecule has 2 heterocycles. The van der Waals surface area contributed by atoms with E-state index >= 15 is 0 Å². The molecular formula is C21H25BrN2O4S. The van der Waals surface area contributed by atoms with Crippen LogP contribution in [0.3, 0.4) is 0 Å². The lowest BCUT2D eigenvalue weighted by Crippen LogP contribution is -2.50. The van der Waals surface area contributed by atoms with Gasteiger partial charge in [-0.3, -0.25) is 9.59 Å². The maximum absolute atomic E-state index is 13.0. The molecule has 2 aromatic rings. The lowest BCUT2D eigenvalue weighted by molar-refractivity contribution is 0.0538. The number of methoxy groups -OCH3 is 1. The minimum absolute atomic E-state index is 0.0389. The van der Waals surface area contributed by atoms with E-state index in [9.17, 15) is 9.59 Å². The first-order valence-corrected chi connectivity index (χ1v) is 11.2. The van der Waals surface area contributed by atoms with Gasteiger partial charge < -0.3 is 19.3 Å². The topological polar surface area (TPSA) is 59.1 Å². The van der Waals surface area contributed by atoms with Crippen molar-refractivity contribution < 1.29 is 19.1 Å². The van der Waals surface area contributed by atoms with Crippen molar-refractivity contribution >= 4 is 39.1 Å². The number of nitrogens with zero attached hydrogens (tertiary/aromatic N) is 2. The van der Waals surface area contributed by atoms with Crippen molar-refractivity contribution in [2.24, 2.45) is 0 Å². The molecule has 1 aromatic carbocycles. The zero-order valence-corrected chi connectivity index (χ0v) is 19.3. The molecule has 1 aliphatic heterocycles. The van der Waals surface area contributed by atoms with Crippen molar-refractivity contribution in [1.82, 2.24) is 9.80 Å². The van der Waals surface area contributed by atoms with Gasteiger partial charge in [-0.05, 0) is 53.5 Å².